The fourth-order valence-corrected chi connectivity index (χ4v) is 4.29. The van der Waals surface area contributed by atoms with Crippen molar-refractivity contribution in [3.05, 3.63) is 65.0 Å². The van der Waals surface area contributed by atoms with Gasteiger partial charge in [-0.05, 0) is 43.2 Å². The summed E-state index contributed by atoms with van der Waals surface area (Å²) in [6.07, 6.45) is 2.37. The van der Waals surface area contributed by atoms with Crippen molar-refractivity contribution < 1.29 is 14.1 Å². The van der Waals surface area contributed by atoms with Crippen molar-refractivity contribution in [3.63, 3.8) is 0 Å². The van der Waals surface area contributed by atoms with Crippen molar-refractivity contribution in [1.82, 2.24) is 4.90 Å². The fraction of sp³-hybridized carbons (Fsp3) is 0.458. The second kappa shape index (κ2) is 8.54. The summed E-state index contributed by atoms with van der Waals surface area (Å²) in [5, 5.41) is 0. The third-order valence-electron chi connectivity index (χ3n) is 6.43. The summed E-state index contributed by atoms with van der Waals surface area (Å²) in [5.41, 5.74) is 5.03. The molecule has 1 heterocycles. The highest BCUT2D eigenvalue weighted by Crippen LogP contribution is 2.24. The van der Waals surface area contributed by atoms with E-state index in [-0.39, 0.29) is 11.7 Å². The van der Waals surface area contributed by atoms with Crippen LogP contribution in [0.15, 0.2) is 42.5 Å². The van der Waals surface area contributed by atoms with Crippen molar-refractivity contribution >= 4 is 11.6 Å². The molecule has 0 spiro atoms. The molecule has 1 atom stereocenters. The third kappa shape index (κ3) is 4.78. The number of carbonyl (C=O) groups is 1. The number of carbonyl (C=O) groups excluding carboxylic acids is 1. The molecule has 1 aliphatic carbocycles. The monoisotopic (exact) mass is 396 g/mol. The first-order valence-corrected chi connectivity index (χ1v) is 10.7. The highest BCUT2D eigenvalue weighted by atomic mass is 19.1. The molecule has 2 aliphatic rings. The average molecular weight is 397 g/mol. The van der Waals surface area contributed by atoms with Gasteiger partial charge >= 0.3 is 0 Å². The first-order chi connectivity index (χ1) is 14.0. The molecule has 0 aromatic heterocycles. The maximum absolute atomic E-state index is 13.2. The zero-order chi connectivity index (χ0) is 20.4. The fourth-order valence-electron chi connectivity index (χ4n) is 4.29. The number of nitrogens with zero attached hydrogens (tertiary/aromatic N) is 2. The molecule has 4 nitrogen and oxygen atoms in total. The van der Waals surface area contributed by atoms with E-state index in [1.165, 1.54) is 46.7 Å². The van der Waals surface area contributed by atoms with Crippen LogP contribution in [0.2, 0.25) is 0 Å². The average Bonchev–Trinajstić information content (AvgIpc) is 3.57. The number of quaternary nitrogens is 1. The highest BCUT2D eigenvalue weighted by molar-refractivity contribution is 5.77. The van der Waals surface area contributed by atoms with Gasteiger partial charge in [-0.25, -0.2) is 4.39 Å². The summed E-state index contributed by atoms with van der Waals surface area (Å²) in [6, 6.07) is 13.7. The van der Waals surface area contributed by atoms with E-state index in [2.05, 4.69) is 36.9 Å². The Hall–Kier alpha value is -2.40. The lowest BCUT2D eigenvalue weighted by Gasteiger charge is -2.37. The smallest absolute Gasteiger partial charge is 0.277 e. The van der Waals surface area contributed by atoms with Gasteiger partial charge in [0.2, 0.25) is 0 Å². The van der Waals surface area contributed by atoms with Gasteiger partial charge in [0.15, 0.2) is 6.54 Å². The van der Waals surface area contributed by atoms with Crippen LogP contribution in [0.1, 0.15) is 29.5 Å². The molecule has 5 heteroatoms. The molecule has 2 fully saturated rings. The number of halogens is 1. The van der Waals surface area contributed by atoms with Crippen LogP contribution in [-0.2, 0) is 11.3 Å². The maximum atomic E-state index is 13.2. The Morgan fingerprint density at radius 1 is 1.03 bits per heavy atom. The van der Waals surface area contributed by atoms with Crippen LogP contribution in [0.25, 0.3) is 0 Å². The standard InChI is InChI=1S/C24H30FN3O/c1-18-4-3-5-23(19(18)2)26-12-14-27(15-13-26)24(29)17-28(22-10-11-22)16-20-6-8-21(25)9-7-20/h3-9,22H,10-17H2,1-2H3/p+1. The topological polar surface area (TPSA) is 28.0 Å². The predicted molar refractivity (Wildman–Crippen MR) is 114 cm³/mol. The van der Waals surface area contributed by atoms with E-state index in [4.69, 9.17) is 0 Å². The molecular weight excluding hydrogens is 365 g/mol. The Balaban J connectivity index is 1.33. The van der Waals surface area contributed by atoms with E-state index in [9.17, 15) is 9.18 Å². The van der Waals surface area contributed by atoms with Crippen LogP contribution < -0.4 is 9.80 Å². The SMILES string of the molecule is Cc1cccc(N2CCN(C(=O)C[NH+](Cc3ccc(F)cc3)C3CC3)CC2)c1C. The summed E-state index contributed by atoms with van der Waals surface area (Å²) in [5.74, 6) is 0.0362. The van der Waals surface area contributed by atoms with Gasteiger partial charge in [0.05, 0.1) is 6.04 Å². The molecule has 1 saturated heterocycles. The Labute approximate surface area is 172 Å². The van der Waals surface area contributed by atoms with Gasteiger partial charge in [-0.15, -0.1) is 0 Å². The van der Waals surface area contributed by atoms with Crippen molar-refractivity contribution in [2.24, 2.45) is 0 Å². The number of hydrogen-bond donors (Lipinski definition) is 1. The lowest BCUT2D eigenvalue weighted by molar-refractivity contribution is -0.917. The maximum Gasteiger partial charge on any atom is 0.277 e. The lowest BCUT2D eigenvalue weighted by Crippen LogP contribution is -3.13. The van der Waals surface area contributed by atoms with Gasteiger partial charge in [0.25, 0.3) is 5.91 Å². The number of nitrogens with one attached hydrogen (secondary N) is 1. The number of benzene rings is 2. The zero-order valence-electron chi connectivity index (χ0n) is 17.5. The van der Waals surface area contributed by atoms with Crippen molar-refractivity contribution in [1.29, 1.82) is 0 Å². The number of piperazine rings is 1. The molecule has 2 aromatic carbocycles. The first kappa shape index (κ1) is 19.9. The first-order valence-electron chi connectivity index (χ1n) is 10.7. The minimum atomic E-state index is -0.209. The van der Waals surface area contributed by atoms with Crippen molar-refractivity contribution in [3.8, 4) is 0 Å². The molecule has 4 rings (SSSR count). The third-order valence-corrected chi connectivity index (χ3v) is 6.43. The van der Waals surface area contributed by atoms with Crippen molar-refractivity contribution in [2.45, 2.75) is 39.3 Å². The minimum Gasteiger partial charge on any atom is -0.368 e. The second-order valence-corrected chi connectivity index (χ2v) is 8.50. The van der Waals surface area contributed by atoms with Crippen LogP contribution in [0.5, 0.6) is 0 Å². The summed E-state index contributed by atoms with van der Waals surface area (Å²) in [6.45, 7) is 8.97. The Morgan fingerprint density at radius 2 is 1.72 bits per heavy atom. The molecule has 29 heavy (non-hydrogen) atoms. The predicted octanol–water partition coefficient (Wildman–Crippen LogP) is 2.34. The molecule has 1 amide bonds. The van der Waals surface area contributed by atoms with Gasteiger partial charge in [-0.3, -0.25) is 4.79 Å². The Bertz CT molecular complexity index is 855. The van der Waals surface area contributed by atoms with E-state index >= 15 is 0 Å². The Kier molecular flexibility index (Phi) is 5.86. The summed E-state index contributed by atoms with van der Waals surface area (Å²) in [4.78, 5) is 18.7. The van der Waals surface area contributed by atoms with E-state index in [0.29, 0.717) is 12.6 Å². The lowest BCUT2D eigenvalue weighted by atomic mass is 10.1. The molecular formula is C24H31FN3O+. The zero-order valence-corrected chi connectivity index (χ0v) is 17.5. The van der Waals surface area contributed by atoms with Crippen LogP contribution in [0.4, 0.5) is 10.1 Å². The number of rotatable bonds is 6. The molecule has 154 valence electrons. The van der Waals surface area contributed by atoms with Crippen molar-refractivity contribution in [2.75, 3.05) is 37.6 Å². The van der Waals surface area contributed by atoms with Crippen LogP contribution in [0.3, 0.4) is 0 Å². The normalized spacial score (nSPS) is 18.0. The van der Waals surface area contributed by atoms with E-state index < -0.39 is 0 Å². The molecule has 1 saturated carbocycles. The molecule has 0 bridgehead atoms. The molecule has 1 N–H and O–H groups in total. The summed E-state index contributed by atoms with van der Waals surface area (Å²) in [7, 11) is 0. The van der Waals surface area contributed by atoms with Gasteiger partial charge in [-0.1, -0.05) is 24.3 Å². The number of aryl methyl sites for hydroxylation is 1. The molecule has 0 radical (unpaired) electrons. The van der Waals surface area contributed by atoms with Crippen LogP contribution in [-0.4, -0.2) is 49.6 Å². The number of hydrogen-bond acceptors (Lipinski definition) is 2. The molecule has 2 aromatic rings. The van der Waals surface area contributed by atoms with E-state index in [1.54, 1.807) is 0 Å². The van der Waals surface area contributed by atoms with E-state index in [1.807, 2.05) is 17.0 Å². The molecule has 1 aliphatic heterocycles. The highest BCUT2D eigenvalue weighted by Gasteiger charge is 2.36. The largest absolute Gasteiger partial charge is 0.368 e. The summed E-state index contributed by atoms with van der Waals surface area (Å²) < 4.78 is 13.2. The van der Waals surface area contributed by atoms with Gasteiger partial charge in [0.1, 0.15) is 12.4 Å². The van der Waals surface area contributed by atoms with Crippen LogP contribution >= 0.6 is 0 Å². The number of anilines is 1. The van der Waals surface area contributed by atoms with Crippen LogP contribution in [0, 0.1) is 19.7 Å². The second-order valence-electron chi connectivity index (χ2n) is 8.50. The van der Waals surface area contributed by atoms with Gasteiger partial charge in [0, 0.05) is 50.3 Å². The number of amides is 1. The quantitative estimate of drug-likeness (QED) is 0.812. The Morgan fingerprint density at radius 3 is 2.38 bits per heavy atom. The molecule has 1 unspecified atom stereocenters. The minimum absolute atomic E-state index is 0.209. The van der Waals surface area contributed by atoms with E-state index in [0.717, 1.165) is 38.3 Å². The van der Waals surface area contributed by atoms with Gasteiger partial charge < -0.3 is 14.7 Å². The van der Waals surface area contributed by atoms with Gasteiger partial charge in [-0.2, -0.15) is 0 Å². The summed E-state index contributed by atoms with van der Waals surface area (Å²) >= 11 is 0.